The highest BCUT2D eigenvalue weighted by Crippen LogP contribution is 2.27. The molecule has 0 spiro atoms. The molecule has 0 aliphatic carbocycles. The topological polar surface area (TPSA) is 80.3 Å². The van der Waals surface area contributed by atoms with Gasteiger partial charge in [-0.1, -0.05) is 0 Å². The van der Waals surface area contributed by atoms with Crippen molar-refractivity contribution < 1.29 is 28.2 Å². The highest BCUT2D eigenvalue weighted by Gasteiger charge is 2.37. The van der Waals surface area contributed by atoms with Crippen LogP contribution in [-0.4, -0.2) is 93.0 Å². The molecule has 0 aromatic heterocycles. The minimum atomic E-state index is -1.50. The minimum Gasteiger partial charge on any atom is -0.497 e. The van der Waals surface area contributed by atoms with Crippen LogP contribution in [0.2, 0.25) is 0 Å². The molecule has 3 rings (SSSR count). The van der Waals surface area contributed by atoms with Crippen molar-refractivity contribution in [1.82, 2.24) is 15.1 Å². The maximum Gasteiger partial charge on any atom is 0.251 e. The van der Waals surface area contributed by atoms with E-state index in [-0.39, 0.29) is 49.8 Å². The molecule has 8 nitrogen and oxygen atoms in total. The quantitative estimate of drug-likeness (QED) is 0.682. The van der Waals surface area contributed by atoms with Crippen LogP contribution in [0.3, 0.4) is 0 Å². The highest BCUT2D eigenvalue weighted by atomic mass is 19.1. The minimum absolute atomic E-state index is 0.0433. The molecule has 9 heteroatoms. The fraction of sp³-hybridized carbons (Fsp3) is 0.652. The first-order chi connectivity index (χ1) is 15.2. The van der Waals surface area contributed by atoms with Crippen molar-refractivity contribution in [2.45, 2.75) is 44.4 Å². The molecule has 2 aliphatic rings. The fourth-order valence-electron chi connectivity index (χ4n) is 4.34. The third-order valence-corrected chi connectivity index (χ3v) is 6.25. The van der Waals surface area contributed by atoms with Gasteiger partial charge in [0.25, 0.3) is 5.91 Å². The third kappa shape index (κ3) is 5.89. The summed E-state index contributed by atoms with van der Waals surface area (Å²) in [6.45, 7) is 6.20. The molecule has 2 unspecified atom stereocenters. The molecule has 2 saturated heterocycles. The van der Waals surface area contributed by atoms with Crippen LogP contribution in [0, 0.1) is 0 Å². The largest absolute Gasteiger partial charge is 0.497 e. The molecule has 2 aliphatic heterocycles. The first-order valence-corrected chi connectivity index (χ1v) is 11.1. The zero-order valence-electron chi connectivity index (χ0n) is 19.4. The summed E-state index contributed by atoms with van der Waals surface area (Å²) in [5.74, 6) is 0.657. The SMILES string of the molecule is COc1cc(OC)cc(C(=O)NCC2(F)CCN(CC(=O)N3C(C)COCC3C)CC2)c1. The number of methoxy groups -OCH3 is 2. The maximum atomic E-state index is 15.3. The second-order valence-corrected chi connectivity index (χ2v) is 8.75. The first-order valence-electron chi connectivity index (χ1n) is 11.1. The van der Waals surface area contributed by atoms with E-state index in [1.54, 1.807) is 18.2 Å². The third-order valence-electron chi connectivity index (χ3n) is 6.25. The van der Waals surface area contributed by atoms with Gasteiger partial charge in [-0.2, -0.15) is 0 Å². The lowest BCUT2D eigenvalue weighted by Gasteiger charge is -2.41. The highest BCUT2D eigenvalue weighted by molar-refractivity contribution is 5.95. The molecule has 1 aromatic carbocycles. The number of carbonyl (C=O) groups is 2. The Labute approximate surface area is 189 Å². The van der Waals surface area contributed by atoms with Crippen LogP contribution < -0.4 is 14.8 Å². The Balaban J connectivity index is 1.50. The van der Waals surface area contributed by atoms with Crippen molar-refractivity contribution in [3.8, 4) is 11.5 Å². The number of likely N-dealkylation sites (tertiary alicyclic amines) is 1. The van der Waals surface area contributed by atoms with E-state index in [0.29, 0.717) is 43.4 Å². The van der Waals surface area contributed by atoms with E-state index in [9.17, 15) is 9.59 Å². The molecular formula is C23H34FN3O5. The Morgan fingerprint density at radius 2 is 1.66 bits per heavy atom. The fourth-order valence-corrected chi connectivity index (χ4v) is 4.34. The molecule has 1 N–H and O–H groups in total. The summed E-state index contributed by atoms with van der Waals surface area (Å²) >= 11 is 0. The molecular weight excluding hydrogens is 417 g/mol. The van der Waals surface area contributed by atoms with Gasteiger partial charge in [0.1, 0.15) is 17.2 Å². The average Bonchev–Trinajstić information content (AvgIpc) is 2.78. The summed E-state index contributed by atoms with van der Waals surface area (Å²) in [4.78, 5) is 29.2. The van der Waals surface area contributed by atoms with Gasteiger partial charge in [-0.05, 0) is 38.8 Å². The van der Waals surface area contributed by atoms with Gasteiger partial charge in [0.2, 0.25) is 5.91 Å². The van der Waals surface area contributed by atoms with Gasteiger partial charge in [-0.15, -0.1) is 0 Å². The lowest BCUT2D eigenvalue weighted by molar-refractivity contribution is -0.146. The number of piperidine rings is 1. The molecule has 2 fully saturated rings. The van der Waals surface area contributed by atoms with Crippen molar-refractivity contribution in [1.29, 1.82) is 0 Å². The predicted molar refractivity (Wildman–Crippen MR) is 118 cm³/mol. The molecule has 1 aromatic rings. The second kappa shape index (κ2) is 10.5. The first kappa shape index (κ1) is 24.3. The number of hydrogen-bond donors (Lipinski definition) is 1. The van der Waals surface area contributed by atoms with Crippen LogP contribution in [0.1, 0.15) is 37.0 Å². The molecule has 0 bridgehead atoms. The van der Waals surface area contributed by atoms with E-state index < -0.39 is 5.67 Å². The lowest BCUT2D eigenvalue weighted by atomic mass is 9.93. The maximum absolute atomic E-state index is 15.3. The standard InChI is InChI=1S/C23H34FN3O5/c1-16-13-32-14-17(2)27(16)21(28)12-26-7-5-23(24,6-8-26)15-25-22(29)18-9-19(30-3)11-20(10-18)31-4/h9-11,16-17H,5-8,12-15H2,1-4H3,(H,25,29). The zero-order chi connectivity index (χ0) is 23.3. The van der Waals surface area contributed by atoms with Gasteiger partial charge in [-0.3, -0.25) is 14.5 Å². The number of nitrogens with one attached hydrogen (secondary N) is 1. The van der Waals surface area contributed by atoms with E-state index in [1.165, 1.54) is 14.2 Å². The smallest absolute Gasteiger partial charge is 0.251 e. The molecule has 0 radical (unpaired) electrons. The summed E-state index contributed by atoms with van der Waals surface area (Å²) < 4.78 is 31.2. The van der Waals surface area contributed by atoms with Gasteiger partial charge in [0.05, 0.1) is 52.6 Å². The van der Waals surface area contributed by atoms with Gasteiger partial charge in [-0.25, -0.2) is 4.39 Å². The average molecular weight is 452 g/mol. The number of benzene rings is 1. The summed E-state index contributed by atoms with van der Waals surface area (Å²) in [7, 11) is 3.01. The number of nitrogens with zero attached hydrogens (tertiary/aromatic N) is 2. The summed E-state index contributed by atoms with van der Waals surface area (Å²) in [5, 5.41) is 2.70. The van der Waals surface area contributed by atoms with E-state index in [1.807, 2.05) is 23.6 Å². The Morgan fingerprint density at radius 1 is 1.09 bits per heavy atom. The number of carbonyl (C=O) groups excluding carboxylic acids is 2. The molecule has 32 heavy (non-hydrogen) atoms. The van der Waals surface area contributed by atoms with Crippen molar-refractivity contribution in [2.75, 3.05) is 53.6 Å². The number of ether oxygens (including phenoxy) is 3. The monoisotopic (exact) mass is 451 g/mol. The van der Waals surface area contributed by atoms with Crippen molar-refractivity contribution in [3.63, 3.8) is 0 Å². The Kier molecular flexibility index (Phi) is 7.95. The Bertz CT molecular complexity index is 781. The van der Waals surface area contributed by atoms with Crippen LogP contribution in [0.15, 0.2) is 18.2 Å². The van der Waals surface area contributed by atoms with Crippen molar-refractivity contribution in [2.24, 2.45) is 0 Å². The summed E-state index contributed by atoms with van der Waals surface area (Å²) in [5.41, 5.74) is -1.15. The molecule has 178 valence electrons. The van der Waals surface area contributed by atoms with Gasteiger partial charge < -0.3 is 24.4 Å². The van der Waals surface area contributed by atoms with Crippen LogP contribution in [0.5, 0.6) is 11.5 Å². The summed E-state index contributed by atoms with van der Waals surface area (Å²) in [6.07, 6.45) is 0.520. The van der Waals surface area contributed by atoms with Gasteiger partial charge in [0.15, 0.2) is 0 Å². The van der Waals surface area contributed by atoms with Crippen LogP contribution in [0.25, 0.3) is 0 Å². The molecule has 2 amide bonds. The van der Waals surface area contributed by atoms with Crippen LogP contribution >= 0.6 is 0 Å². The lowest BCUT2D eigenvalue weighted by Crippen LogP contribution is -2.56. The Hall–Kier alpha value is -2.39. The van der Waals surface area contributed by atoms with Crippen molar-refractivity contribution >= 4 is 11.8 Å². The molecule has 2 atom stereocenters. The van der Waals surface area contributed by atoms with Gasteiger partial charge >= 0.3 is 0 Å². The van der Waals surface area contributed by atoms with E-state index in [2.05, 4.69) is 5.32 Å². The van der Waals surface area contributed by atoms with E-state index >= 15 is 4.39 Å². The van der Waals surface area contributed by atoms with Crippen LogP contribution in [0.4, 0.5) is 4.39 Å². The number of halogens is 1. The summed E-state index contributed by atoms with van der Waals surface area (Å²) in [6, 6.07) is 4.93. The van der Waals surface area contributed by atoms with E-state index in [4.69, 9.17) is 14.2 Å². The second-order valence-electron chi connectivity index (χ2n) is 8.75. The Morgan fingerprint density at radius 3 is 2.19 bits per heavy atom. The van der Waals surface area contributed by atoms with Crippen molar-refractivity contribution in [3.05, 3.63) is 23.8 Å². The number of rotatable bonds is 7. The normalized spacial score (nSPS) is 23.5. The zero-order valence-corrected chi connectivity index (χ0v) is 19.4. The number of alkyl halides is 1. The van der Waals surface area contributed by atoms with Crippen LogP contribution in [-0.2, 0) is 9.53 Å². The molecule has 2 heterocycles. The number of hydrogen-bond acceptors (Lipinski definition) is 6. The number of amides is 2. The predicted octanol–water partition coefficient (Wildman–Crippen LogP) is 1.87. The van der Waals surface area contributed by atoms with E-state index in [0.717, 1.165) is 0 Å². The van der Waals surface area contributed by atoms with Gasteiger partial charge in [0, 0.05) is 24.7 Å². The number of morpholine rings is 1. The molecule has 0 saturated carbocycles.